The zero-order valence-electron chi connectivity index (χ0n) is 9.13. The topological polar surface area (TPSA) is 43.6 Å². The highest BCUT2D eigenvalue weighted by atomic mass is 19.1. The fourth-order valence-electron chi connectivity index (χ4n) is 1.77. The third-order valence-electron chi connectivity index (χ3n) is 2.61. The van der Waals surface area contributed by atoms with E-state index in [-0.39, 0.29) is 5.82 Å². The molecule has 0 aliphatic heterocycles. The van der Waals surface area contributed by atoms with Crippen LogP contribution in [-0.2, 0) is 7.05 Å². The highest BCUT2D eigenvalue weighted by molar-refractivity contribution is 5.73. The molecule has 17 heavy (non-hydrogen) atoms. The average Bonchev–Trinajstić information content (AvgIpc) is 2.69. The van der Waals surface area contributed by atoms with E-state index in [1.807, 2.05) is 11.6 Å². The molecular weight excluding hydrogens is 219 g/mol. The molecule has 0 saturated heterocycles. The highest BCUT2D eigenvalue weighted by Crippen LogP contribution is 2.21. The molecule has 0 saturated carbocycles. The van der Waals surface area contributed by atoms with E-state index in [4.69, 9.17) is 0 Å². The minimum Gasteiger partial charge on any atom is -0.310 e. The minimum atomic E-state index is -0.260. The predicted octanol–water partition coefficient (Wildman–Crippen LogP) is 2.17. The Morgan fingerprint density at radius 1 is 1.06 bits per heavy atom. The standard InChI is InChI=1S/C12H9FN4/c1-17-11(8-2-4-9(13)5-3-8)16-10-12(17)15-7-6-14-10/h2-7H,1H3. The van der Waals surface area contributed by atoms with E-state index in [1.54, 1.807) is 24.5 Å². The summed E-state index contributed by atoms with van der Waals surface area (Å²) in [6.45, 7) is 0. The van der Waals surface area contributed by atoms with Crippen molar-refractivity contribution in [3.05, 3.63) is 42.5 Å². The van der Waals surface area contributed by atoms with E-state index in [0.717, 1.165) is 11.4 Å². The molecule has 0 aliphatic carbocycles. The number of fused-ring (bicyclic) bond motifs is 1. The summed E-state index contributed by atoms with van der Waals surface area (Å²) >= 11 is 0. The van der Waals surface area contributed by atoms with Gasteiger partial charge in [0.25, 0.3) is 0 Å². The Bertz CT molecular complexity index is 673. The Morgan fingerprint density at radius 2 is 1.76 bits per heavy atom. The summed E-state index contributed by atoms with van der Waals surface area (Å²) < 4.78 is 14.7. The van der Waals surface area contributed by atoms with E-state index in [2.05, 4.69) is 15.0 Å². The summed E-state index contributed by atoms with van der Waals surface area (Å²) in [6.07, 6.45) is 3.22. The number of hydrogen-bond acceptors (Lipinski definition) is 3. The molecule has 0 unspecified atom stereocenters. The fraction of sp³-hybridized carbons (Fsp3) is 0.0833. The first-order valence-electron chi connectivity index (χ1n) is 5.15. The molecule has 0 aliphatic rings. The number of rotatable bonds is 1. The zero-order chi connectivity index (χ0) is 11.8. The van der Waals surface area contributed by atoms with Crippen LogP contribution in [0.1, 0.15) is 0 Å². The molecule has 2 aromatic heterocycles. The maximum Gasteiger partial charge on any atom is 0.197 e. The van der Waals surface area contributed by atoms with Crippen LogP contribution in [0.3, 0.4) is 0 Å². The Labute approximate surface area is 96.8 Å². The smallest absolute Gasteiger partial charge is 0.197 e. The minimum absolute atomic E-state index is 0.260. The van der Waals surface area contributed by atoms with Crippen molar-refractivity contribution in [2.45, 2.75) is 0 Å². The first-order chi connectivity index (χ1) is 8.25. The van der Waals surface area contributed by atoms with Gasteiger partial charge in [0, 0.05) is 25.0 Å². The number of imidazole rings is 1. The average molecular weight is 228 g/mol. The van der Waals surface area contributed by atoms with Crippen molar-refractivity contribution >= 4 is 11.3 Å². The van der Waals surface area contributed by atoms with Crippen LogP contribution in [0, 0.1) is 5.82 Å². The summed E-state index contributed by atoms with van der Waals surface area (Å²) in [5, 5.41) is 0. The largest absolute Gasteiger partial charge is 0.310 e. The van der Waals surface area contributed by atoms with Crippen LogP contribution in [0.4, 0.5) is 4.39 Å². The Hall–Kier alpha value is -2.30. The van der Waals surface area contributed by atoms with Gasteiger partial charge >= 0.3 is 0 Å². The second-order valence-corrected chi connectivity index (χ2v) is 3.70. The molecule has 0 fully saturated rings. The van der Waals surface area contributed by atoms with E-state index in [9.17, 15) is 4.39 Å². The van der Waals surface area contributed by atoms with Crippen LogP contribution in [0.5, 0.6) is 0 Å². The lowest BCUT2D eigenvalue weighted by Gasteiger charge is -2.01. The quantitative estimate of drug-likeness (QED) is 0.641. The molecule has 1 aromatic carbocycles. The molecule has 2 heterocycles. The lowest BCUT2D eigenvalue weighted by molar-refractivity contribution is 0.628. The normalized spacial score (nSPS) is 10.9. The van der Waals surface area contributed by atoms with Crippen molar-refractivity contribution in [2.75, 3.05) is 0 Å². The summed E-state index contributed by atoms with van der Waals surface area (Å²) in [4.78, 5) is 12.7. The van der Waals surface area contributed by atoms with Gasteiger partial charge in [-0.1, -0.05) is 0 Å². The number of aromatic nitrogens is 4. The van der Waals surface area contributed by atoms with Crippen LogP contribution in [-0.4, -0.2) is 19.5 Å². The maximum absolute atomic E-state index is 12.9. The Balaban J connectivity index is 2.24. The number of hydrogen-bond donors (Lipinski definition) is 0. The van der Waals surface area contributed by atoms with E-state index in [1.165, 1.54) is 12.1 Å². The van der Waals surface area contributed by atoms with E-state index in [0.29, 0.717) is 11.3 Å². The second kappa shape index (κ2) is 3.62. The molecule has 0 radical (unpaired) electrons. The maximum atomic E-state index is 12.9. The van der Waals surface area contributed by atoms with Crippen molar-refractivity contribution in [3.63, 3.8) is 0 Å². The predicted molar refractivity (Wildman–Crippen MR) is 61.7 cm³/mol. The van der Waals surface area contributed by atoms with Crippen molar-refractivity contribution in [3.8, 4) is 11.4 Å². The number of benzene rings is 1. The van der Waals surface area contributed by atoms with Gasteiger partial charge in [-0.3, -0.25) is 0 Å². The molecule has 5 heteroatoms. The van der Waals surface area contributed by atoms with Gasteiger partial charge in [0.2, 0.25) is 0 Å². The van der Waals surface area contributed by atoms with Gasteiger partial charge in [0.15, 0.2) is 11.3 Å². The molecule has 0 bridgehead atoms. The summed E-state index contributed by atoms with van der Waals surface area (Å²) in [5.41, 5.74) is 2.15. The first kappa shape index (κ1) is 9.89. The molecule has 0 amide bonds. The second-order valence-electron chi connectivity index (χ2n) is 3.70. The van der Waals surface area contributed by atoms with Gasteiger partial charge in [-0.25, -0.2) is 19.3 Å². The number of halogens is 1. The first-order valence-corrected chi connectivity index (χ1v) is 5.15. The van der Waals surface area contributed by atoms with E-state index >= 15 is 0 Å². The van der Waals surface area contributed by atoms with Crippen molar-refractivity contribution in [1.82, 2.24) is 19.5 Å². The summed E-state index contributed by atoms with van der Waals surface area (Å²) in [7, 11) is 1.86. The fourth-order valence-corrected chi connectivity index (χ4v) is 1.77. The van der Waals surface area contributed by atoms with Crippen molar-refractivity contribution in [1.29, 1.82) is 0 Å². The Kier molecular flexibility index (Phi) is 2.11. The monoisotopic (exact) mass is 228 g/mol. The molecule has 84 valence electrons. The third-order valence-corrected chi connectivity index (χ3v) is 2.61. The lowest BCUT2D eigenvalue weighted by atomic mass is 10.2. The van der Waals surface area contributed by atoms with Crippen LogP contribution in [0.25, 0.3) is 22.7 Å². The van der Waals surface area contributed by atoms with Crippen molar-refractivity contribution < 1.29 is 4.39 Å². The highest BCUT2D eigenvalue weighted by Gasteiger charge is 2.10. The van der Waals surface area contributed by atoms with Crippen molar-refractivity contribution in [2.24, 2.45) is 7.05 Å². The third kappa shape index (κ3) is 1.56. The summed E-state index contributed by atoms with van der Waals surface area (Å²) in [6, 6.07) is 6.21. The van der Waals surface area contributed by atoms with Crippen LogP contribution in [0.2, 0.25) is 0 Å². The van der Waals surface area contributed by atoms with Crippen LogP contribution < -0.4 is 0 Å². The van der Waals surface area contributed by atoms with Crippen LogP contribution >= 0.6 is 0 Å². The van der Waals surface area contributed by atoms with Gasteiger partial charge in [-0.05, 0) is 24.3 Å². The SMILES string of the molecule is Cn1c(-c2ccc(F)cc2)nc2nccnc21. The van der Waals surface area contributed by atoms with Gasteiger partial charge in [-0.2, -0.15) is 0 Å². The van der Waals surface area contributed by atoms with Gasteiger partial charge in [0.1, 0.15) is 11.6 Å². The lowest BCUT2D eigenvalue weighted by Crippen LogP contribution is -1.93. The molecule has 4 nitrogen and oxygen atoms in total. The Morgan fingerprint density at radius 3 is 2.47 bits per heavy atom. The van der Waals surface area contributed by atoms with Gasteiger partial charge in [-0.15, -0.1) is 0 Å². The zero-order valence-corrected chi connectivity index (χ0v) is 9.13. The molecule has 0 spiro atoms. The molecule has 0 atom stereocenters. The van der Waals surface area contributed by atoms with Gasteiger partial charge < -0.3 is 4.57 Å². The number of aryl methyl sites for hydroxylation is 1. The molecule has 0 N–H and O–H groups in total. The molecule has 3 rings (SSSR count). The summed E-state index contributed by atoms with van der Waals surface area (Å²) in [5.74, 6) is 0.468. The molecule has 3 aromatic rings. The van der Waals surface area contributed by atoms with Crippen LogP contribution in [0.15, 0.2) is 36.7 Å². The van der Waals surface area contributed by atoms with Gasteiger partial charge in [0.05, 0.1) is 0 Å². The number of nitrogens with zero attached hydrogens (tertiary/aromatic N) is 4. The molecular formula is C12H9FN4. The van der Waals surface area contributed by atoms with E-state index < -0.39 is 0 Å².